The van der Waals surface area contributed by atoms with Crippen LogP contribution >= 0.6 is 15.9 Å². The zero-order valence-corrected chi connectivity index (χ0v) is 11.4. The van der Waals surface area contributed by atoms with Gasteiger partial charge in [0.15, 0.2) is 0 Å². The van der Waals surface area contributed by atoms with E-state index in [9.17, 15) is 0 Å². The van der Waals surface area contributed by atoms with E-state index >= 15 is 0 Å². The first-order chi connectivity index (χ1) is 8.40. The second-order valence-electron chi connectivity index (χ2n) is 3.74. The maximum absolute atomic E-state index is 5.90. The van der Waals surface area contributed by atoms with Crippen LogP contribution in [-0.4, -0.2) is 6.54 Å². The molecule has 1 rings (SSSR count). The molecule has 0 atom stereocenters. The molecule has 0 aliphatic carbocycles. The SMILES string of the molecule is NC(N)=C/C=C(\N)CN(N)c1cc(Br)ccc1N. The van der Waals surface area contributed by atoms with Gasteiger partial charge in [0.1, 0.15) is 0 Å². The molecule has 1 aromatic rings. The van der Waals surface area contributed by atoms with Gasteiger partial charge in [0.2, 0.25) is 0 Å². The van der Waals surface area contributed by atoms with Crippen molar-refractivity contribution < 1.29 is 0 Å². The minimum Gasteiger partial charge on any atom is -0.401 e. The number of hydrogen-bond donors (Lipinski definition) is 5. The number of nitrogens with two attached hydrogens (primary N) is 5. The Labute approximate surface area is 114 Å². The van der Waals surface area contributed by atoms with Crippen molar-refractivity contribution in [1.29, 1.82) is 0 Å². The number of hydrogen-bond acceptors (Lipinski definition) is 6. The van der Waals surface area contributed by atoms with Gasteiger partial charge in [-0.3, -0.25) is 0 Å². The summed E-state index contributed by atoms with van der Waals surface area (Å²) in [6.07, 6.45) is 3.11. The molecular weight excluding hydrogens is 296 g/mol. The highest BCUT2D eigenvalue weighted by molar-refractivity contribution is 9.10. The lowest BCUT2D eigenvalue weighted by atomic mass is 10.2. The minimum absolute atomic E-state index is 0.184. The molecule has 0 radical (unpaired) electrons. The summed E-state index contributed by atoms with van der Waals surface area (Å²) in [4.78, 5) is 0. The normalized spacial score (nSPS) is 11.1. The van der Waals surface area contributed by atoms with E-state index in [-0.39, 0.29) is 5.82 Å². The van der Waals surface area contributed by atoms with Crippen LogP contribution in [-0.2, 0) is 0 Å². The highest BCUT2D eigenvalue weighted by atomic mass is 79.9. The van der Waals surface area contributed by atoms with E-state index in [2.05, 4.69) is 15.9 Å². The predicted molar refractivity (Wildman–Crippen MR) is 78.8 cm³/mol. The monoisotopic (exact) mass is 312 g/mol. The highest BCUT2D eigenvalue weighted by Crippen LogP contribution is 2.25. The van der Waals surface area contributed by atoms with Gasteiger partial charge in [0.05, 0.1) is 23.7 Å². The summed E-state index contributed by atoms with van der Waals surface area (Å²) in [5.74, 6) is 6.08. The largest absolute Gasteiger partial charge is 0.401 e. The zero-order chi connectivity index (χ0) is 13.7. The van der Waals surface area contributed by atoms with E-state index in [1.165, 1.54) is 11.1 Å². The van der Waals surface area contributed by atoms with Crippen LogP contribution < -0.4 is 33.8 Å². The second-order valence-corrected chi connectivity index (χ2v) is 4.65. The molecule has 6 nitrogen and oxygen atoms in total. The molecule has 0 amide bonds. The molecule has 0 heterocycles. The zero-order valence-electron chi connectivity index (χ0n) is 9.81. The quantitative estimate of drug-likeness (QED) is 0.235. The molecule has 0 saturated carbocycles. The molecule has 0 aromatic heterocycles. The van der Waals surface area contributed by atoms with Crippen LogP contribution in [0.4, 0.5) is 11.4 Å². The van der Waals surface area contributed by atoms with Crippen molar-refractivity contribution in [1.82, 2.24) is 0 Å². The van der Waals surface area contributed by atoms with Gasteiger partial charge in [-0.1, -0.05) is 15.9 Å². The van der Waals surface area contributed by atoms with Crippen LogP contribution in [0.3, 0.4) is 0 Å². The molecular formula is C11H17BrN6. The van der Waals surface area contributed by atoms with Gasteiger partial charge in [0.25, 0.3) is 0 Å². The number of anilines is 2. The number of rotatable bonds is 4. The average Bonchev–Trinajstić information content (AvgIpc) is 2.29. The van der Waals surface area contributed by atoms with Gasteiger partial charge in [-0.25, -0.2) is 5.84 Å². The van der Waals surface area contributed by atoms with E-state index in [0.717, 1.165) is 4.47 Å². The average molecular weight is 313 g/mol. The Balaban J connectivity index is 2.82. The number of hydrazine groups is 1. The van der Waals surface area contributed by atoms with E-state index in [0.29, 0.717) is 23.6 Å². The summed E-state index contributed by atoms with van der Waals surface area (Å²) in [6.45, 7) is 0.310. The molecule has 0 bridgehead atoms. The molecule has 0 aliphatic rings. The third kappa shape index (κ3) is 4.19. The smallest absolute Gasteiger partial charge is 0.0934 e. The Bertz CT molecular complexity index is 478. The van der Waals surface area contributed by atoms with Crippen LogP contribution in [0, 0.1) is 0 Å². The van der Waals surface area contributed by atoms with Gasteiger partial charge >= 0.3 is 0 Å². The van der Waals surface area contributed by atoms with Gasteiger partial charge < -0.3 is 27.9 Å². The van der Waals surface area contributed by atoms with Crippen LogP contribution in [0.15, 0.2) is 46.3 Å². The van der Waals surface area contributed by atoms with Crippen LogP contribution in [0.2, 0.25) is 0 Å². The second kappa shape index (κ2) is 6.18. The summed E-state index contributed by atoms with van der Waals surface area (Å²) in [5, 5.41) is 1.45. The van der Waals surface area contributed by atoms with Crippen LogP contribution in [0.5, 0.6) is 0 Å². The van der Waals surface area contributed by atoms with Crippen LogP contribution in [0.25, 0.3) is 0 Å². The van der Waals surface area contributed by atoms with Crippen molar-refractivity contribution in [2.45, 2.75) is 0 Å². The lowest BCUT2D eigenvalue weighted by Gasteiger charge is -2.20. The number of halogens is 1. The molecule has 0 saturated heterocycles. The molecule has 0 fully saturated rings. The first kappa shape index (κ1) is 14.2. The molecule has 0 spiro atoms. The van der Waals surface area contributed by atoms with Gasteiger partial charge in [-0.05, 0) is 30.4 Å². The lowest BCUT2D eigenvalue weighted by Crippen LogP contribution is -2.35. The van der Waals surface area contributed by atoms with Crippen molar-refractivity contribution in [3.05, 3.63) is 46.3 Å². The fourth-order valence-electron chi connectivity index (χ4n) is 1.30. The molecule has 0 aliphatic heterocycles. The van der Waals surface area contributed by atoms with Gasteiger partial charge in [-0.2, -0.15) is 0 Å². The topological polar surface area (TPSA) is 133 Å². The number of allylic oxidation sites excluding steroid dienone is 2. The van der Waals surface area contributed by atoms with Gasteiger partial charge in [-0.15, -0.1) is 0 Å². The lowest BCUT2D eigenvalue weighted by molar-refractivity contribution is 0.898. The first-order valence-electron chi connectivity index (χ1n) is 5.14. The molecule has 1 aromatic carbocycles. The van der Waals surface area contributed by atoms with E-state index < -0.39 is 0 Å². The van der Waals surface area contributed by atoms with Crippen molar-refractivity contribution in [3.8, 4) is 0 Å². The fourth-order valence-corrected chi connectivity index (χ4v) is 1.65. The van der Waals surface area contributed by atoms with Crippen LogP contribution in [0.1, 0.15) is 0 Å². The van der Waals surface area contributed by atoms with Gasteiger partial charge in [0, 0.05) is 10.2 Å². The Morgan fingerprint density at radius 2 is 1.89 bits per heavy atom. The van der Waals surface area contributed by atoms with Crippen molar-refractivity contribution in [2.24, 2.45) is 23.0 Å². The summed E-state index contributed by atoms with van der Waals surface area (Å²) >= 11 is 3.35. The summed E-state index contributed by atoms with van der Waals surface area (Å²) in [5.41, 5.74) is 24.0. The van der Waals surface area contributed by atoms with E-state index in [1.54, 1.807) is 12.1 Å². The Morgan fingerprint density at radius 1 is 1.22 bits per heavy atom. The maximum Gasteiger partial charge on any atom is 0.0934 e. The van der Waals surface area contributed by atoms with Crippen molar-refractivity contribution in [3.63, 3.8) is 0 Å². The fraction of sp³-hybridized carbons (Fsp3) is 0.0909. The summed E-state index contributed by atoms with van der Waals surface area (Å²) < 4.78 is 0.885. The standard InChI is InChI=1S/C11H17BrN6/c12-7-1-3-9(14)10(5-7)18(17)6-8(13)2-4-11(15)16/h1-5H,6,13-17H2/b8-2-. The van der Waals surface area contributed by atoms with Crippen molar-refractivity contribution in [2.75, 3.05) is 17.3 Å². The van der Waals surface area contributed by atoms with E-state index in [4.69, 9.17) is 28.8 Å². The molecule has 10 N–H and O–H groups in total. The molecule has 18 heavy (non-hydrogen) atoms. The highest BCUT2D eigenvalue weighted by Gasteiger charge is 2.07. The molecule has 98 valence electrons. The number of benzene rings is 1. The third-order valence-electron chi connectivity index (χ3n) is 2.14. The summed E-state index contributed by atoms with van der Waals surface area (Å²) in [7, 11) is 0. The maximum atomic E-state index is 5.90. The third-order valence-corrected chi connectivity index (χ3v) is 2.64. The van der Waals surface area contributed by atoms with Crippen molar-refractivity contribution >= 4 is 27.3 Å². The number of nitrogen functional groups attached to an aromatic ring is 1. The Kier molecular flexibility index (Phi) is 4.87. The van der Waals surface area contributed by atoms with E-state index in [1.807, 2.05) is 12.1 Å². The number of nitrogens with zero attached hydrogens (tertiary/aromatic N) is 1. The Morgan fingerprint density at radius 3 is 2.50 bits per heavy atom. The first-order valence-corrected chi connectivity index (χ1v) is 5.94. The molecule has 0 unspecified atom stereocenters. The molecule has 7 heteroatoms. The Hall–Kier alpha value is -1.86. The summed E-state index contributed by atoms with van der Waals surface area (Å²) in [6, 6.07) is 5.41. The minimum atomic E-state index is 0.184. The predicted octanol–water partition coefficient (Wildman–Crippen LogP) is 0.313.